The Balaban J connectivity index is 1.76. The average molecular weight is 277 g/mol. The van der Waals surface area contributed by atoms with Crippen LogP contribution < -0.4 is 5.73 Å². The Labute approximate surface area is 119 Å². The van der Waals surface area contributed by atoms with Gasteiger partial charge in [-0.3, -0.25) is 4.79 Å². The number of nitrogens with two attached hydrogens (primary N) is 1. The first kappa shape index (κ1) is 13.6. The number of hydrogen-bond acceptors (Lipinski definition) is 4. The first-order valence-corrected chi connectivity index (χ1v) is 7.64. The SMILES string of the molecule is Cc1cc(C2CCCN2C(=O)C2CCCC2CN)on1. The van der Waals surface area contributed by atoms with Gasteiger partial charge >= 0.3 is 0 Å². The second-order valence-corrected chi connectivity index (χ2v) is 6.09. The standard InChI is InChI=1S/C15H23N3O2/c1-10-8-14(20-17-10)13-6-3-7-18(13)15(19)12-5-2-4-11(12)9-16/h8,11-13H,2-7,9,16H2,1H3. The van der Waals surface area contributed by atoms with Gasteiger partial charge in [-0.25, -0.2) is 0 Å². The summed E-state index contributed by atoms with van der Waals surface area (Å²) in [6, 6.07) is 2.02. The normalized spacial score (nSPS) is 30.1. The lowest BCUT2D eigenvalue weighted by atomic mass is 9.94. The maximum absolute atomic E-state index is 12.8. The van der Waals surface area contributed by atoms with Gasteiger partial charge < -0.3 is 15.2 Å². The first-order chi connectivity index (χ1) is 9.70. The zero-order valence-electron chi connectivity index (χ0n) is 12.0. The Morgan fingerprint density at radius 1 is 1.45 bits per heavy atom. The fourth-order valence-electron chi connectivity index (χ4n) is 3.72. The quantitative estimate of drug-likeness (QED) is 0.917. The molecule has 2 N–H and O–H groups in total. The number of aromatic nitrogens is 1. The summed E-state index contributed by atoms with van der Waals surface area (Å²) in [4.78, 5) is 14.8. The highest BCUT2D eigenvalue weighted by Crippen LogP contribution is 2.38. The Morgan fingerprint density at radius 2 is 2.30 bits per heavy atom. The summed E-state index contributed by atoms with van der Waals surface area (Å²) in [5, 5.41) is 3.95. The van der Waals surface area contributed by atoms with Crippen LogP contribution >= 0.6 is 0 Å². The van der Waals surface area contributed by atoms with Crippen molar-refractivity contribution >= 4 is 5.91 Å². The van der Waals surface area contributed by atoms with Crippen LogP contribution in [0.4, 0.5) is 0 Å². The van der Waals surface area contributed by atoms with Gasteiger partial charge in [0.1, 0.15) is 0 Å². The van der Waals surface area contributed by atoms with E-state index in [9.17, 15) is 4.79 Å². The third-order valence-corrected chi connectivity index (χ3v) is 4.79. The number of nitrogens with zero attached hydrogens (tertiary/aromatic N) is 2. The van der Waals surface area contributed by atoms with Crippen molar-refractivity contribution in [3.05, 3.63) is 17.5 Å². The largest absolute Gasteiger partial charge is 0.359 e. The molecular formula is C15H23N3O2. The van der Waals surface area contributed by atoms with Crippen LogP contribution in [0.3, 0.4) is 0 Å². The van der Waals surface area contributed by atoms with E-state index in [4.69, 9.17) is 10.3 Å². The van der Waals surface area contributed by atoms with Crippen LogP contribution in [0.15, 0.2) is 10.6 Å². The van der Waals surface area contributed by atoms with Crippen molar-refractivity contribution in [3.8, 4) is 0 Å². The number of amides is 1. The molecule has 0 aromatic carbocycles. The van der Waals surface area contributed by atoms with E-state index in [0.29, 0.717) is 12.5 Å². The molecule has 1 aliphatic heterocycles. The van der Waals surface area contributed by atoms with E-state index in [-0.39, 0.29) is 17.9 Å². The first-order valence-electron chi connectivity index (χ1n) is 7.64. The van der Waals surface area contributed by atoms with E-state index in [1.165, 1.54) is 0 Å². The summed E-state index contributed by atoms with van der Waals surface area (Å²) in [5.74, 6) is 1.58. The summed E-state index contributed by atoms with van der Waals surface area (Å²) in [6.07, 6.45) is 5.21. The minimum Gasteiger partial charge on any atom is -0.359 e. The van der Waals surface area contributed by atoms with Gasteiger partial charge in [0.2, 0.25) is 5.91 Å². The Kier molecular flexibility index (Phi) is 3.78. The molecule has 2 aliphatic rings. The van der Waals surface area contributed by atoms with Crippen molar-refractivity contribution in [1.82, 2.24) is 10.1 Å². The van der Waals surface area contributed by atoms with Gasteiger partial charge in [-0.15, -0.1) is 0 Å². The van der Waals surface area contributed by atoms with Gasteiger partial charge in [-0.2, -0.15) is 0 Å². The summed E-state index contributed by atoms with van der Waals surface area (Å²) in [5.41, 5.74) is 6.69. The van der Waals surface area contributed by atoms with Crippen molar-refractivity contribution in [3.63, 3.8) is 0 Å². The highest BCUT2D eigenvalue weighted by Gasteiger charge is 2.40. The smallest absolute Gasteiger partial charge is 0.226 e. The molecule has 0 bridgehead atoms. The predicted molar refractivity (Wildman–Crippen MR) is 74.8 cm³/mol. The van der Waals surface area contributed by atoms with E-state index in [1.807, 2.05) is 17.9 Å². The molecule has 0 spiro atoms. The molecule has 1 aromatic heterocycles. The molecule has 2 fully saturated rings. The summed E-state index contributed by atoms with van der Waals surface area (Å²) in [6.45, 7) is 3.36. The number of carbonyl (C=O) groups excluding carboxylic acids is 1. The zero-order chi connectivity index (χ0) is 14.1. The molecule has 1 amide bonds. The molecule has 110 valence electrons. The van der Waals surface area contributed by atoms with Crippen molar-refractivity contribution in [2.45, 2.75) is 45.1 Å². The number of rotatable bonds is 3. The fraction of sp³-hybridized carbons (Fsp3) is 0.733. The maximum Gasteiger partial charge on any atom is 0.226 e. The van der Waals surface area contributed by atoms with Gasteiger partial charge in [0, 0.05) is 18.5 Å². The molecule has 5 nitrogen and oxygen atoms in total. The third kappa shape index (κ3) is 2.35. The Hall–Kier alpha value is -1.36. The van der Waals surface area contributed by atoms with Crippen molar-refractivity contribution in [1.29, 1.82) is 0 Å². The van der Waals surface area contributed by atoms with Gasteiger partial charge in [0.05, 0.1) is 11.7 Å². The Morgan fingerprint density at radius 3 is 3.00 bits per heavy atom. The lowest BCUT2D eigenvalue weighted by molar-refractivity contribution is -0.138. The molecule has 1 saturated carbocycles. The van der Waals surface area contributed by atoms with Gasteiger partial charge in [0.15, 0.2) is 5.76 Å². The zero-order valence-corrected chi connectivity index (χ0v) is 12.0. The number of carbonyl (C=O) groups is 1. The molecule has 2 heterocycles. The van der Waals surface area contributed by atoms with Gasteiger partial charge in [0.25, 0.3) is 0 Å². The summed E-state index contributed by atoms with van der Waals surface area (Å²) in [7, 11) is 0. The summed E-state index contributed by atoms with van der Waals surface area (Å²) >= 11 is 0. The number of aryl methyl sites for hydroxylation is 1. The minimum atomic E-state index is 0.0720. The summed E-state index contributed by atoms with van der Waals surface area (Å²) < 4.78 is 5.38. The average Bonchev–Trinajstić information content (AvgIpc) is 3.17. The highest BCUT2D eigenvalue weighted by molar-refractivity contribution is 5.80. The molecule has 3 atom stereocenters. The maximum atomic E-state index is 12.8. The molecular weight excluding hydrogens is 254 g/mol. The van der Waals surface area contributed by atoms with Crippen LogP contribution in [-0.2, 0) is 4.79 Å². The second kappa shape index (κ2) is 5.56. The van der Waals surface area contributed by atoms with Crippen LogP contribution in [0.1, 0.15) is 49.6 Å². The van der Waals surface area contributed by atoms with Crippen LogP contribution in [0.25, 0.3) is 0 Å². The van der Waals surface area contributed by atoms with E-state index in [2.05, 4.69) is 5.16 Å². The van der Waals surface area contributed by atoms with E-state index in [1.54, 1.807) is 0 Å². The third-order valence-electron chi connectivity index (χ3n) is 4.79. The molecule has 5 heteroatoms. The molecule has 1 aromatic rings. The number of hydrogen-bond donors (Lipinski definition) is 1. The minimum absolute atomic E-state index is 0.0720. The van der Waals surface area contributed by atoms with Crippen LogP contribution in [-0.4, -0.2) is 29.1 Å². The molecule has 20 heavy (non-hydrogen) atoms. The van der Waals surface area contributed by atoms with Crippen molar-refractivity contribution in [2.24, 2.45) is 17.6 Å². The van der Waals surface area contributed by atoms with Crippen molar-refractivity contribution in [2.75, 3.05) is 13.1 Å². The van der Waals surface area contributed by atoms with Crippen LogP contribution in [0.2, 0.25) is 0 Å². The highest BCUT2D eigenvalue weighted by atomic mass is 16.5. The molecule has 3 unspecified atom stereocenters. The van der Waals surface area contributed by atoms with E-state index >= 15 is 0 Å². The lowest BCUT2D eigenvalue weighted by Crippen LogP contribution is -2.38. The van der Waals surface area contributed by atoms with E-state index in [0.717, 1.165) is 50.1 Å². The van der Waals surface area contributed by atoms with Crippen molar-refractivity contribution < 1.29 is 9.32 Å². The molecule has 0 radical (unpaired) electrons. The topological polar surface area (TPSA) is 72.4 Å². The second-order valence-electron chi connectivity index (χ2n) is 6.09. The number of likely N-dealkylation sites (tertiary alicyclic amines) is 1. The van der Waals surface area contributed by atoms with Gasteiger partial charge in [-0.1, -0.05) is 11.6 Å². The van der Waals surface area contributed by atoms with Crippen LogP contribution in [0, 0.1) is 18.8 Å². The fourth-order valence-corrected chi connectivity index (χ4v) is 3.72. The molecule has 1 aliphatic carbocycles. The lowest BCUT2D eigenvalue weighted by Gasteiger charge is -2.28. The monoisotopic (exact) mass is 277 g/mol. The van der Waals surface area contributed by atoms with Gasteiger partial charge in [-0.05, 0) is 45.1 Å². The molecule has 1 saturated heterocycles. The van der Waals surface area contributed by atoms with Crippen LogP contribution in [0.5, 0.6) is 0 Å². The van der Waals surface area contributed by atoms with E-state index < -0.39 is 0 Å². The molecule has 3 rings (SSSR count). The predicted octanol–water partition coefficient (Wildman–Crippen LogP) is 2.02. The Bertz CT molecular complexity index is 485.